The molecule has 1 aromatic rings. The van der Waals surface area contributed by atoms with Crippen LogP contribution in [0.15, 0.2) is 24.3 Å². The molecule has 1 aromatic carbocycles. The zero-order valence-electron chi connectivity index (χ0n) is 11.7. The Morgan fingerprint density at radius 3 is 2.50 bits per heavy atom. The summed E-state index contributed by atoms with van der Waals surface area (Å²) in [5.74, 6) is -0.138. The predicted octanol–water partition coefficient (Wildman–Crippen LogP) is 1.10. The summed E-state index contributed by atoms with van der Waals surface area (Å²) < 4.78 is 0. The van der Waals surface area contributed by atoms with Crippen LogP contribution in [-0.4, -0.2) is 30.4 Å². The summed E-state index contributed by atoms with van der Waals surface area (Å²) in [6.45, 7) is 4.81. The van der Waals surface area contributed by atoms with Crippen LogP contribution in [-0.2, 0) is 17.9 Å². The highest BCUT2D eigenvalue weighted by Crippen LogP contribution is 2.07. The quantitative estimate of drug-likeness (QED) is 0.821. The van der Waals surface area contributed by atoms with E-state index in [0.29, 0.717) is 6.54 Å². The van der Waals surface area contributed by atoms with Crippen LogP contribution in [0, 0.1) is 0 Å². The molecular weight excluding hydrogens is 226 g/mol. The highest BCUT2D eigenvalue weighted by molar-refractivity contribution is 5.84. The number of benzene rings is 1. The molecule has 0 aliphatic carbocycles. The number of nitrogens with two attached hydrogens (primary N) is 1. The maximum Gasteiger partial charge on any atom is 0.239 e. The molecule has 0 aromatic heterocycles. The van der Waals surface area contributed by atoms with Crippen LogP contribution in [0.1, 0.15) is 25.0 Å². The molecule has 100 valence electrons. The predicted molar refractivity (Wildman–Crippen MR) is 73.9 cm³/mol. The van der Waals surface area contributed by atoms with Crippen molar-refractivity contribution in [2.24, 2.45) is 5.73 Å². The van der Waals surface area contributed by atoms with Gasteiger partial charge in [0.25, 0.3) is 0 Å². The van der Waals surface area contributed by atoms with Gasteiger partial charge in [-0.1, -0.05) is 24.3 Å². The number of hydrogen-bond donors (Lipinski definition) is 2. The van der Waals surface area contributed by atoms with Crippen LogP contribution in [0.3, 0.4) is 0 Å². The van der Waals surface area contributed by atoms with Crippen LogP contribution in [0.25, 0.3) is 0 Å². The summed E-state index contributed by atoms with van der Waals surface area (Å²) in [4.78, 5) is 13.8. The van der Waals surface area contributed by atoms with Gasteiger partial charge in [-0.25, -0.2) is 0 Å². The van der Waals surface area contributed by atoms with Crippen molar-refractivity contribution in [3.8, 4) is 0 Å². The average molecular weight is 249 g/mol. The third-order valence-electron chi connectivity index (χ3n) is 2.53. The average Bonchev–Trinajstić information content (AvgIpc) is 2.24. The zero-order valence-corrected chi connectivity index (χ0v) is 11.7. The van der Waals surface area contributed by atoms with E-state index in [1.54, 1.807) is 13.8 Å². The van der Waals surface area contributed by atoms with Crippen molar-refractivity contribution >= 4 is 5.91 Å². The molecule has 0 saturated carbocycles. The minimum atomic E-state index is -0.832. The molecule has 0 heterocycles. The highest BCUT2D eigenvalue weighted by Gasteiger charge is 2.20. The van der Waals surface area contributed by atoms with Crippen molar-refractivity contribution in [1.29, 1.82) is 0 Å². The molecule has 0 unspecified atom stereocenters. The van der Waals surface area contributed by atoms with E-state index >= 15 is 0 Å². The lowest BCUT2D eigenvalue weighted by molar-refractivity contribution is -0.125. The Kier molecular flexibility index (Phi) is 4.87. The largest absolute Gasteiger partial charge is 0.350 e. The number of amides is 1. The Morgan fingerprint density at radius 1 is 1.33 bits per heavy atom. The maximum absolute atomic E-state index is 11.7. The first-order valence-electron chi connectivity index (χ1n) is 6.09. The molecule has 0 radical (unpaired) electrons. The normalized spacial score (nSPS) is 11.7. The van der Waals surface area contributed by atoms with Gasteiger partial charge in [-0.3, -0.25) is 4.79 Å². The molecule has 18 heavy (non-hydrogen) atoms. The molecule has 0 aliphatic heterocycles. The number of nitrogens with one attached hydrogen (secondary N) is 1. The fourth-order valence-electron chi connectivity index (χ4n) is 1.61. The molecule has 0 atom stereocenters. The Labute approximate surface area is 109 Å². The van der Waals surface area contributed by atoms with Crippen molar-refractivity contribution in [2.45, 2.75) is 32.5 Å². The van der Waals surface area contributed by atoms with Crippen LogP contribution in [0.4, 0.5) is 0 Å². The van der Waals surface area contributed by atoms with E-state index < -0.39 is 5.54 Å². The minimum absolute atomic E-state index is 0.138. The number of nitrogens with zero attached hydrogens (tertiary/aromatic N) is 1. The Balaban J connectivity index is 2.60. The third kappa shape index (κ3) is 4.85. The van der Waals surface area contributed by atoms with Gasteiger partial charge in [0.2, 0.25) is 5.91 Å². The van der Waals surface area contributed by atoms with Gasteiger partial charge in [0.05, 0.1) is 5.54 Å². The first kappa shape index (κ1) is 14.7. The topological polar surface area (TPSA) is 58.4 Å². The molecule has 4 nitrogen and oxygen atoms in total. The van der Waals surface area contributed by atoms with E-state index in [-0.39, 0.29) is 5.91 Å². The van der Waals surface area contributed by atoms with Crippen LogP contribution in [0.2, 0.25) is 0 Å². The smallest absolute Gasteiger partial charge is 0.239 e. The van der Waals surface area contributed by atoms with E-state index in [1.807, 2.05) is 26.2 Å². The summed E-state index contributed by atoms with van der Waals surface area (Å²) in [5, 5.41) is 2.84. The van der Waals surface area contributed by atoms with Gasteiger partial charge in [0.1, 0.15) is 0 Å². The lowest BCUT2D eigenvalue weighted by Crippen LogP contribution is -2.48. The Hall–Kier alpha value is -1.39. The minimum Gasteiger partial charge on any atom is -0.350 e. The second kappa shape index (κ2) is 5.98. The van der Waals surface area contributed by atoms with Gasteiger partial charge >= 0.3 is 0 Å². The van der Waals surface area contributed by atoms with Gasteiger partial charge in [-0.2, -0.15) is 0 Å². The summed E-state index contributed by atoms with van der Waals surface area (Å²) in [6.07, 6.45) is 0. The fourth-order valence-corrected chi connectivity index (χ4v) is 1.61. The Morgan fingerprint density at radius 2 is 1.94 bits per heavy atom. The number of carbonyl (C=O) groups is 1. The van der Waals surface area contributed by atoms with E-state index in [0.717, 1.165) is 12.1 Å². The first-order valence-corrected chi connectivity index (χ1v) is 6.09. The molecule has 0 fully saturated rings. The molecule has 4 heteroatoms. The second-order valence-electron chi connectivity index (χ2n) is 5.46. The second-order valence-corrected chi connectivity index (χ2v) is 5.46. The van der Waals surface area contributed by atoms with Crippen molar-refractivity contribution in [2.75, 3.05) is 14.1 Å². The summed E-state index contributed by atoms with van der Waals surface area (Å²) in [5.41, 5.74) is 7.21. The van der Waals surface area contributed by atoms with Gasteiger partial charge in [-0.05, 0) is 39.1 Å². The summed E-state index contributed by atoms with van der Waals surface area (Å²) in [7, 11) is 4.07. The summed E-state index contributed by atoms with van der Waals surface area (Å²) in [6, 6.07) is 8.19. The van der Waals surface area contributed by atoms with Gasteiger partial charge < -0.3 is 16.0 Å². The van der Waals surface area contributed by atoms with Crippen molar-refractivity contribution in [3.05, 3.63) is 35.4 Å². The molecule has 3 N–H and O–H groups in total. The van der Waals surface area contributed by atoms with Gasteiger partial charge in [-0.15, -0.1) is 0 Å². The molecule has 1 amide bonds. The number of carbonyl (C=O) groups excluding carboxylic acids is 1. The van der Waals surface area contributed by atoms with Crippen LogP contribution < -0.4 is 11.1 Å². The van der Waals surface area contributed by atoms with E-state index in [2.05, 4.69) is 22.3 Å². The molecule has 1 rings (SSSR count). The van der Waals surface area contributed by atoms with Gasteiger partial charge in [0.15, 0.2) is 0 Å². The number of rotatable bonds is 5. The van der Waals surface area contributed by atoms with E-state index in [9.17, 15) is 4.79 Å². The Bertz CT molecular complexity index is 408. The molecule has 0 aliphatic rings. The SMILES string of the molecule is CN(C)Cc1cccc(CNC(=O)C(C)(C)N)c1. The lowest BCUT2D eigenvalue weighted by Gasteiger charge is -2.18. The van der Waals surface area contributed by atoms with E-state index in [4.69, 9.17) is 5.73 Å². The van der Waals surface area contributed by atoms with Crippen LogP contribution in [0.5, 0.6) is 0 Å². The lowest BCUT2D eigenvalue weighted by atomic mass is 10.1. The van der Waals surface area contributed by atoms with Crippen LogP contribution >= 0.6 is 0 Å². The molecular formula is C14H23N3O. The molecule has 0 saturated heterocycles. The van der Waals surface area contributed by atoms with Crippen molar-refractivity contribution in [1.82, 2.24) is 10.2 Å². The monoisotopic (exact) mass is 249 g/mol. The fraction of sp³-hybridized carbons (Fsp3) is 0.500. The third-order valence-corrected chi connectivity index (χ3v) is 2.53. The van der Waals surface area contributed by atoms with Crippen molar-refractivity contribution in [3.63, 3.8) is 0 Å². The van der Waals surface area contributed by atoms with Gasteiger partial charge in [0, 0.05) is 13.1 Å². The summed E-state index contributed by atoms with van der Waals surface area (Å²) >= 11 is 0. The molecule has 0 spiro atoms. The van der Waals surface area contributed by atoms with Crippen molar-refractivity contribution < 1.29 is 4.79 Å². The molecule has 0 bridgehead atoms. The highest BCUT2D eigenvalue weighted by atomic mass is 16.2. The standard InChI is InChI=1S/C14H23N3O/c1-14(2,15)13(18)16-9-11-6-5-7-12(8-11)10-17(3)4/h5-8H,9-10,15H2,1-4H3,(H,16,18). The van der Waals surface area contributed by atoms with E-state index in [1.165, 1.54) is 5.56 Å². The maximum atomic E-state index is 11.7. The first-order chi connectivity index (χ1) is 8.29. The number of hydrogen-bond acceptors (Lipinski definition) is 3. The zero-order chi connectivity index (χ0) is 13.8.